The first-order valence-electron chi connectivity index (χ1n) is 20.4. The van der Waals surface area contributed by atoms with Gasteiger partial charge in [0, 0.05) is 26.3 Å². The molecule has 0 fully saturated rings. The van der Waals surface area contributed by atoms with E-state index in [1.165, 1.54) is 92.1 Å². The van der Waals surface area contributed by atoms with Gasteiger partial charge in [-0.05, 0) is 114 Å². The maximum absolute atomic E-state index is 6.52. The van der Waals surface area contributed by atoms with Crippen molar-refractivity contribution in [3.63, 3.8) is 0 Å². The molecule has 0 saturated heterocycles. The van der Waals surface area contributed by atoms with Crippen LogP contribution in [0.15, 0.2) is 214 Å². The van der Waals surface area contributed by atoms with Gasteiger partial charge in [0.2, 0.25) is 0 Å². The molecule has 0 amide bonds. The first-order chi connectivity index (χ1) is 29.3. The minimum absolute atomic E-state index is 0.570. The molecule has 0 saturated carbocycles. The lowest BCUT2D eigenvalue weighted by Crippen LogP contribution is -2.70. The molecule has 0 bridgehead atoms. The second-order valence-electron chi connectivity index (χ2n) is 16.3. The lowest BCUT2D eigenvalue weighted by atomic mass is 9.62. The first-order valence-corrected chi connectivity index (χ1v) is 23.2. The number of hydrogen-bond donors (Lipinski definition) is 0. The van der Waals surface area contributed by atoms with Gasteiger partial charge < -0.3 is 9.32 Å². The number of fused-ring (bicyclic) bond motifs is 21. The van der Waals surface area contributed by atoms with Gasteiger partial charge in [-0.3, -0.25) is 0 Å². The topological polar surface area (TPSA) is 16.4 Å². The predicted octanol–water partition coefficient (Wildman–Crippen LogP) is 11.6. The zero-order valence-electron chi connectivity index (χ0n) is 31.8. The van der Waals surface area contributed by atoms with Gasteiger partial charge in [0.15, 0.2) is 8.07 Å². The highest BCUT2D eigenvalue weighted by molar-refractivity contribution is 7.99. The Hall–Kier alpha value is -6.85. The van der Waals surface area contributed by atoms with Gasteiger partial charge >= 0.3 is 0 Å². The largest absolute Gasteiger partial charge is 0.456 e. The highest BCUT2D eigenvalue weighted by Gasteiger charge is 2.55. The van der Waals surface area contributed by atoms with Crippen LogP contribution in [0.25, 0.3) is 44.2 Å². The van der Waals surface area contributed by atoms with E-state index in [0.29, 0.717) is 0 Å². The molecule has 4 aliphatic heterocycles. The Morgan fingerprint density at radius 1 is 0.390 bits per heavy atom. The fraction of sp³-hybridized carbons (Fsp3) is 0.0182. The lowest BCUT2D eigenvalue weighted by molar-refractivity contribution is 0.662. The van der Waals surface area contributed by atoms with E-state index >= 15 is 0 Å². The Kier molecular flexibility index (Phi) is 6.22. The lowest BCUT2D eigenvalue weighted by Gasteiger charge is -2.49. The van der Waals surface area contributed by atoms with Crippen LogP contribution in [0, 0.1) is 0 Å². The van der Waals surface area contributed by atoms with Crippen LogP contribution in [0.2, 0.25) is 0 Å². The van der Waals surface area contributed by atoms with Crippen molar-refractivity contribution in [3.05, 3.63) is 222 Å². The summed E-state index contributed by atoms with van der Waals surface area (Å²) in [4.78, 5) is 5.06. The fourth-order valence-electron chi connectivity index (χ4n) is 11.6. The predicted molar refractivity (Wildman–Crippen MR) is 246 cm³/mol. The molecule has 2 nitrogen and oxygen atoms in total. The van der Waals surface area contributed by atoms with E-state index in [0.717, 1.165) is 21.9 Å². The summed E-state index contributed by atoms with van der Waals surface area (Å²) in [6.45, 7) is 0. The van der Waals surface area contributed by atoms with Crippen molar-refractivity contribution in [1.82, 2.24) is 0 Å². The Labute approximate surface area is 347 Å². The molecule has 0 atom stereocenters. The number of benzene rings is 9. The van der Waals surface area contributed by atoms with Crippen molar-refractivity contribution >= 4 is 79.6 Å². The van der Waals surface area contributed by atoms with Gasteiger partial charge in [-0.2, -0.15) is 0 Å². The Bertz CT molecular complexity index is 3360. The first kappa shape index (κ1) is 32.1. The highest BCUT2D eigenvalue weighted by Crippen LogP contribution is 2.63. The van der Waals surface area contributed by atoms with Gasteiger partial charge in [-0.1, -0.05) is 163 Å². The van der Waals surface area contributed by atoms with Crippen molar-refractivity contribution in [2.75, 3.05) is 4.90 Å². The fourth-order valence-corrected chi connectivity index (χ4v) is 18.4. The Balaban J connectivity index is 1.06. The van der Waals surface area contributed by atoms with Crippen LogP contribution in [0.4, 0.5) is 17.1 Å². The number of furan rings is 1. The summed E-state index contributed by atoms with van der Waals surface area (Å²) in [6.07, 6.45) is 0. The Morgan fingerprint density at radius 2 is 0.932 bits per heavy atom. The summed E-state index contributed by atoms with van der Waals surface area (Å²) in [7, 11) is -2.64. The molecule has 2 spiro atoms. The Morgan fingerprint density at radius 3 is 1.61 bits per heavy atom. The zero-order chi connectivity index (χ0) is 38.5. The van der Waals surface area contributed by atoms with Crippen LogP contribution in [-0.4, -0.2) is 8.07 Å². The van der Waals surface area contributed by atoms with Crippen molar-refractivity contribution in [2.45, 2.75) is 15.2 Å². The van der Waals surface area contributed by atoms with Crippen molar-refractivity contribution < 1.29 is 4.42 Å². The summed E-state index contributed by atoms with van der Waals surface area (Å²) in [5.74, 6) is 0. The van der Waals surface area contributed by atoms with E-state index in [1.54, 1.807) is 0 Å². The molecule has 10 aromatic rings. The monoisotopic (exact) mass is 783 g/mol. The normalized spacial score (nSPS) is 15.3. The third-order valence-corrected chi connectivity index (χ3v) is 19.8. The van der Waals surface area contributed by atoms with Crippen LogP contribution in [0.3, 0.4) is 0 Å². The van der Waals surface area contributed by atoms with Gasteiger partial charge in [0.05, 0.1) is 16.8 Å². The van der Waals surface area contributed by atoms with E-state index in [1.807, 2.05) is 11.8 Å². The van der Waals surface area contributed by atoms with Crippen LogP contribution in [-0.2, 0) is 5.41 Å². The standard InChI is InChI=1S/C55H33NOSSi/c1-10-24-47-35(15-1)40-32-44-50(33-48(40)57-47)58-49-25-11-7-21-43(49)55(44)41-19-5-8-22-45(41)56(46-23-9-6-20-42(46)55)34-29-30-39-38-18-4-14-28-53(38)59(54(39)31-34)51-26-12-2-16-36(51)37-17-3-13-27-52(37)59/h1-33H. The van der Waals surface area contributed by atoms with Crippen LogP contribution in [0.5, 0.6) is 0 Å². The zero-order valence-corrected chi connectivity index (χ0v) is 33.6. The number of hydrogen-bond acceptors (Lipinski definition) is 3. The molecule has 0 unspecified atom stereocenters. The van der Waals surface area contributed by atoms with E-state index < -0.39 is 13.5 Å². The third-order valence-electron chi connectivity index (χ3n) is 13.7. The molecule has 4 heteroatoms. The minimum atomic E-state index is -2.64. The maximum atomic E-state index is 6.52. The number of anilines is 3. The van der Waals surface area contributed by atoms with Gasteiger partial charge in [0.1, 0.15) is 11.2 Å². The van der Waals surface area contributed by atoms with E-state index in [4.69, 9.17) is 4.42 Å². The number of para-hydroxylation sites is 3. The third kappa shape index (κ3) is 3.85. The molecule has 5 heterocycles. The van der Waals surface area contributed by atoms with E-state index in [2.05, 4.69) is 205 Å². The second-order valence-corrected chi connectivity index (χ2v) is 21.0. The summed E-state index contributed by atoms with van der Waals surface area (Å²) in [5, 5.41) is 8.26. The molecule has 59 heavy (non-hydrogen) atoms. The summed E-state index contributed by atoms with van der Waals surface area (Å²) in [6, 6.07) is 75.7. The second kappa shape index (κ2) is 11.4. The average molecular weight is 784 g/mol. The van der Waals surface area contributed by atoms with Crippen LogP contribution < -0.4 is 25.6 Å². The molecule has 9 aromatic carbocycles. The summed E-state index contributed by atoms with van der Waals surface area (Å²) < 4.78 is 6.52. The summed E-state index contributed by atoms with van der Waals surface area (Å²) in [5.41, 5.74) is 15.6. The molecule has 0 radical (unpaired) electrons. The molecule has 1 aromatic heterocycles. The molecule has 0 N–H and O–H groups in total. The van der Waals surface area contributed by atoms with Crippen LogP contribution in [0.1, 0.15) is 22.3 Å². The average Bonchev–Trinajstić information content (AvgIpc) is 3.92. The SMILES string of the molecule is c1ccc2c(c1)Sc1cc3oc4ccccc4c3cc1C21c2ccccc2N(c2ccc3c(c2)[Si]2(c4ccccc4-c4ccccc42)c2ccccc2-3)c2ccccc21. The number of rotatable bonds is 1. The van der Waals surface area contributed by atoms with Gasteiger partial charge in [-0.25, -0.2) is 0 Å². The van der Waals surface area contributed by atoms with Crippen molar-refractivity contribution in [2.24, 2.45) is 0 Å². The molecule has 4 aliphatic rings. The molecule has 0 aliphatic carbocycles. The van der Waals surface area contributed by atoms with Gasteiger partial charge in [0.25, 0.3) is 0 Å². The maximum Gasteiger partial charge on any atom is 0.182 e. The number of nitrogens with zero attached hydrogens (tertiary/aromatic N) is 1. The molecule has 14 rings (SSSR count). The smallest absolute Gasteiger partial charge is 0.182 e. The quantitative estimate of drug-likeness (QED) is 0.154. The van der Waals surface area contributed by atoms with Crippen molar-refractivity contribution in [3.8, 4) is 22.3 Å². The minimum Gasteiger partial charge on any atom is -0.456 e. The summed E-state index contributed by atoms with van der Waals surface area (Å²) >= 11 is 1.86. The molecular weight excluding hydrogens is 751 g/mol. The van der Waals surface area contributed by atoms with E-state index in [9.17, 15) is 0 Å². The van der Waals surface area contributed by atoms with Gasteiger partial charge in [-0.15, -0.1) is 0 Å². The van der Waals surface area contributed by atoms with Crippen molar-refractivity contribution in [1.29, 1.82) is 0 Å². The molecular formula is C55H33NOSSi. The highest BCUT2D eigenvalue weighted by atomic mass is 32.2. The van der Waals surface area contributed by atoms with Crippen LogP contribution >= 0.6 is 11.8 Å². The molecule has 274 valence electrons. The van der Waals surface area contributed by atoms with E-state index in [-0.39, 0.29) is 0 Å².